The van der Waals surface area contributed by atoms with Gasteiger partial charge in [0, 0.05) is 5.71 Å². The van der Waals surface area contributed by atoms with Crippen molar-refractivity contribution < 1.29 is 0 Å². The van der Waals surface area contributed by atoms with Gasteiger partial charge in [-0.3, -0.25) is 4.99 Å². The molecule has 0 aromatic carbocycles. The van der Waals surface area contributed by atoms with Gasteiger partial charge < -0.3 is 0 Å². The highest BCUT2D eigenvalue weighted by molar-refractivity contribution is 5.84. The Bertz CT molecular complexity index is 269. The predicted molar refractivity (Wildman–Crippen MR) is 87.0 cm³/mol. The molecule has 0 bridgehead atoms. The zero-order chi connectivity index (χ0) is 14.3. The predicted octanol–water partition coefficient (Wildman–Crippen LogP) is 5.88. The Kier molecular flexibility index (Phi) is 7.71. The summed E-state index contributed by atoms with van der Waals surface area (Å²) in [7, 11) is 0. The minimum absolute atomic E-state index is 0.611. The van der Waals surface area contributed by atoms with Crippen molar-refractivity contribution in [3.05, 3.63) is 0 Å². The Morgan fingerprint density at radius 2 is 1.79 bits per heavy atom. The van der Waals surface area contributed by atoms with Crippen molar-refractivity contribution in [3.8, 4) is 0 Å². The second kappa shape index (κ2) is 8.76. The molecule has 112 valence electrons. The maximum Gasteiger partial charge on any atom is 0.0552 e. The first-order valence-electron chi connectivity index (χ1n) is 8.71. The van der Waals surface area contributed by atoms with Crippen molar-refractivity contribution in [3.63, 3.8) is 0 Å². The molecule has 0 aromatic heterocycles. The molecule has 4 unspecified atom stereocenters. The average Bonchev–Trinajstić information content (AvgIpc) is 2.44. The van der Waals surface area contributed by atoms with Crippen molar-refractivity contribution in [1.82, 2.24) is 0 Å². The van der Waals surface area contributed by atoms with Gasteiger partial charge in [0.1, 0.15) is 0 Å². The first-order chi connectivity index (χ1) is 9.15. The van der Waals surface area contributed by atoms with E-state index in [0.29, 0.717) is 6.04 Å². The van der Waals surface area contributed by atoms with Gasteiger partial charge in [0.15, 0.2) is 0 Å². The molecule has 4 atom stereocenters. The van der Waals surface area contributed by atoms with Crippen LogP contribution in [-0.4, -0.2) is 11.8 Å². The topological polar surface area (TPSA) is 12.4 Å². The van der Waals surface area contributed by atoms with E-state index in [1.54, 1.807) is 0 Å². The molecule has 1 nitrogen and oxygen atoms in total. The third-order valence-corrected chi connectivity index (χ3v) is 5.07. The lowest BCUT2D eigenvalue weighted by atomic mass is 9.70. The molecule has 1 saturated carbocycles. The standard InChI is InChI=1S/C18H35N/c1-6-10-11-17(9-4)19-18-14(5)12-15(7-2)13-16(18)8-3/h14-16,18H,6-13H2,1-5H3/b19-17+. The molecule has 0 amide bonds. The summed E-state index contributed by atoms with van der Waals surface area (Å²) >= 11 is 0. The van der Waals surface area contributed by atoms with Crippen molar-refractivity contribution >= 4 is 5.71 Å². The molecule has 0 radical (unpaired) electrons. The van der Waals surface area contributed by atoms with Crippen LogP contribution in [0, 0.1) is 17.8 Å². The van der Waals surface area contributed by atoms with Crippen LogP contribution >= 0.6 is 0 Å². The summed E-state index contributed by atoms with van der Waals surface area (Å²) in [5.41, 5.74) is 1.48. The minimum Gasteiger partial charge on any atom is -0.290 e. The van der Waals surface area contributed by atoms with Gasteiger partial charge in [-0.05, 0) is 49.9 Å². The Balaban J connectivity index is 2.74. The molecule has 1 aliphatic rings. The van der Waals surface area contributed by atoms with Crippen LogP contribution in [-0.2, 0) is 0 Å². The summed E-state index contributed by atoms with van der Waals surface area (Å²) in [4.78, 5) is 5.21. The normalized spacial score (nSPS) is 32.6. The summed E-state index contributed by atoms with van der Waals surface area (Å²) < 4.78 is 0. The Morgan fingerprint density at radius 3 is 2.32 bits per heavy atom. The molecule has 0 N–H and O–H groups in total. The lowest BCUT2D eigenvalue weighted by Gasteiger charge is -2.38. The fourth-order valence-electron chi connectivity index (χ4n) is 3.69. The molecule has 19 heavy (non-hydrogen) atoms. The molecule has 0 aromatic rings. The molecule has 0 heterocycles. The zero-order valence-electron chi connectivity index (χ0n) is 13.9. The fraction of sp³-hybridized carbons (Fsp3) is 0.944. The summed E-state index contributed by atoms with van der Waals surface area (Å²) in [5, 5.41) is 0. The van der Waals surface area contributed by atoms with Crippen molar-refractivity contribution in [2.75, 3.05) is 0 Å². The maximum absolute atomic E-state index is 5.21. The summed E-state index contributed by atoms with van der Waals surface area (Å²) in [5.74, 6) is 2.57. The van der Waals surface area contributed by atoms with Crippen molar-refractivity contribution in [2.45, 2.75) is 92.0 Å². The average molecular weight is 265 g/mol. The van der Waals surface area contributed by atoms with Gasteiger partial charge in [-0.25, -0.2) is 0 Å². The van der Waals surface area contributed by atoms with E-state index in [1.807, 2.05) is 0 Å². The second-order valence-corrected chi connectivity index (χ2v) is 6.53. The van der Waals surface area contributed by atoms with E-state index in [1.165, 1.54) is 50.7 Å². The van der Waals surface area contributed by atoms with E-state index in [-0.39, 0.29) is 0 Å². The molecular weight excluding hydrogens is 230 g/mol. The lowest BCUT2D eigenvalue weighted by Crippen LogP contribution is -2.35. The van der Waals surface area contributed by atoms with E-state index in [9.17, 15) is 0 Å². The molecule has 1 fully saturated rings. The van der Waals surface area contributed by atoms with Gasteiger partial charge in [-0.15, -0.1) is 0 Å². The first-order valence-corrected chi connectivity index (χ1v) is 8.71. The van der Waals surface area contributed by atoms with Crippen LogP contribution in [0.5, 0.6) is 0 Å². The van der Waals surface area contributed by atoms with E-state index in [0.717, 1.165) is 24.2 Å². The van der Waals surface area contributed by atoms with Crippen molar-refractivity contribution in [1.29, 1.82) is 0 Å². The van der Waals surface area contributed by atoms with Gasteiger partial charge >= 0.3 is 0 Å². The van der Waals surface area contributed by atoms with Crippen LogP contribution in [0.3, 0.4) is 0 Å². The van der Waals surface area contributed by atoms with E-state index >= 15 is 0 Å². The van der Waals surface area contributed by atoms with E-state index in [2.05, 4.69) is 34.6 Å². The van der Waals surface area contributed by atoms with Crippen LogP contribution in [0.15, 0.2) is 4.99 Å². The summed E-state index contributed by atoms with van der Waals surface area (Å²) in [6.45, 7) is 11.7. The van der Waals surface area contributed by atoms with Crippen LogP contribution in [0.4, 0.5) is 0 Å². The van der Waals surface area contributed by atoms with E-state index < -0.39 is 0 Å². The maximum atomic E-state index is 5.21. The molecule has 1 aliphatic carbocycles. The largest absolute Gasteiger partial charge is 0.290 e. The molecule has 1 heteroatoms. The van der Waals surface area contributed by atoms with Crippen molar-refractivity contribution in [2.24, 2.45) is 22.7 Å². The third-order valence-electron chi connectivity index (χ3n) is 5.07. The van der Waals surface area contributed by atoms with Crippen LogP contribution < -0.4 is 0 Å². The number of hydrogen-bond donors (Lipinski definition) is 0. The first kappa shape index (κ1) is 16.7. The minimum atomic E-state index is 0.611. The molecule has 0 saturated heterocycles. The highest BCUT2D eigenvalue weighted by Gasteiger charge is 2.33. The Morgan fingerprint density at radius 1 is 1.05 bits per heavy atom. The number of nitrogens with zero attached hydrogens (tertiary/aromatic N) is 1. The SMILES string of the molecule is CCCC/C(CC)=N/C1C(C)CC(CC)CC1CC. The monoisotopic (exact) mass is 265 g/mol. The fourth-order valence-corrected chi connectivity index (χ4v) is 3.69. The molecule has 0 aliphatic heterocycles. The number of hydrogen-bond acceptors (Lipinski definition) is 1. The zero-order valence-corrected chi connectivity index (χ0v) is 13.9. The summed E-state index contributed by atoms with van der Waals surface area (Å²) in [6.07, 6.45) is 10.4. The lowest BCUT2D eigenvalue weighted by molar-refractivity contribution is 0.166. The second-order valence-electron chi connectivity index (χ2n) is 6.53. The van der Waals surface area contributed by atoms with Gasteiger partial charge in [0.05, 0.1) is 6.04 Å². The Hall–Kier alpha value is -0.330. The Labute approximate surface area is 121 Å². The molecular formula is C18H35N. The highest BCUT2D eigenvalue weighted by Crippen LogP contribution is 2.38. The quantitative estimate of drug-likeness (QED) is 0.510. The smallest absolute Gasteiger partial charge is 0.0552 e. The van der Waals surface area contributed by atoms with Crippen LogP contribution in [0.25, 0.3) is 0 Å². The number of aliphatic imine (C=N–C) groups is 1. The van der Waals surface area contributed by atoms with Crippen LogP contribution in [0.2, 0.25) is 0 Å². The van der Waals surface area contributed by atoms with E-state index in [4.69, 9.17) is 4.99 Å². The van der Waals surface area contributed by atoms with Gasteiger partial charge in [0.2, 0.25) is 0 Å². The number of unbranched alkanes of at least 4 members (excludes halogenated alkanes) is 1. The summed E-state index contributed by atoms with van der Waals surface area (Å²) in [6, 6.07) is 0.611. The molecule has 1 rings (SSSR count). The number of rotatable bonds is 7. The van der Waals surface area contributed by atoms with Gasteiger partial charge in [0.25, 0.3) is 0 Å². The van der Waals surface area contributed by atoms with Crippen LogP contribution in [0.1, 0.15) is 86.0 Å². The highest BCUT2D eigenvalue weighted by atomic mass is 14.8. The third kappa shape index (κ3) is 4.93. The van der Waals surface area contributed by atoms with Gasteiger partial charge in [-0.1, -0.05) is 53.9 Å². The molecule has 0 spiro atoms. The van der Waals surface area contributed by atoms with Gasteiger partial charge in [-0.2, -0.15) is 0 Å².